The van der Waals surface area contributed by atoms with Crippen LogP contribution in [-0.2, 0) is 21.8 Å². The fourth-order valence-electron chi connectivity index (χ4n) is 2.63. The van der Waals surface area contributed by atoms with E-state index in [1.165, 1.54) is 0 Å². The molecule has 0 heterocycles. The van der Waals surface area contributed by atoms with Gasteiger partial charge in [-0.15, -0.1) is 0 Å². The van der Waals surface area contributed by atoms with Crippen molar-refractivity contribution in [2.75, 3.05) is 11.4 Å². The van der Waals surface area contributed by atoms with Crippen LogP contribution in [0.5, 0.6) is 0 Å². The molecule has 4 nitrogen and oxygen atoms in total. The van der Waals surface area contributed by atoms with Crippen molar-refractivity contribution in [2.45, 2.75) is 25.6 Å². The molecule has 0 atom stereocenters. The Morgan fingerprint density at radius 3 is 2.44 bits per heavy atom. The highest BCUT2D eigenvalue weighted by atomic mass is 35.5. The monoisotopic (exact) mass is 399 g/mol. The van der Waals surface area contributed by atoms with Gasteiger partial charge in [-0.25, -0.2) is 0 Å². The molecule has 0 aromatic heterocycles. The first-order valence-corrected chi connectivity index (χ1v) is 8.42. The fourth-order valence-corrected chi connectivity index (χ4v) is 2.71. The number of benzene rings is 2. The smallest absolute Gasteiger partial charge is 0.367 e. The number of carbonyl (C=O) groups excluding carboxylic acids is 2. The van der Waals surface area contributed by atoms with Gasteiger partial charge in [0.05, 0.1) is 5.56 Å². The summed E-state index contributed by atoms with van der Waals surface area (Å²) < 4.78 is 43.4. The molecular formula is C19H17ClF3NO3. The van der Waals surface area contributed by atoms with Gasteiger partial charge in [-0.2, -0.15) is 13.2 Å². The molecule has 0 saturated carbocycles. The van der Waals surface area contributed by atoms with Crippen LogP contribution in [0.1, 0.15) is 34.3 Å². The van der Waals surface area contributed by atoms with Crippen LogP contribution in [0.3, 0.4) is 0 Å². The maximum atomic E-state index is 13.1. The van der Waals surface area contributed by atoms with Gasteiger partial charge in [-0.3, -0.25) is 9.59 Å². The molecule has 2 aromatic rings. The Morgan fingerprint density at radius 1 is 1.15 bits per heavy atom. The number of halogens is 4. The lowest BCUT2D eigenvalue weighted by Crippen LogP contribution is -2.26. The number of nitrogens with zero attached hydrogens (tertiary/aromatic N) is 1. The molecule has 0 aliphatic heterocycles. The molecule has 0 aliphatic carbocycles. The molecule has 0 N–H and O–H groups in total. The zero-order valence-electron chi connectivity index (χ0n) is 14.2. The maximum absolute atomic E-state index is 13.1. The van der Waals surface area contributed by atoms with E-state index in [0.29, 0.717) is 12.7 Å². The van der Waals surface area contributed by atoms with E-state index in [-0.39, 0.29) is 30.8 Å². The van der Waals surface area contributed by atoms with Crippen LogP contribution in [0.4, 0.5) is 18.9 Å². The van der Waals surface area contributed by atoms with E-state index in [0.717, 1.165) is 23.8 Å². The Labute approximate surface area is 159 Å². The standard InChI is InChI=1S/C19H17ClF3NO3/c20-27-18(26)7-4-10-24(12-14-5-2-1-3-6-14)17-11-16(19(21,22)23)9-8-15(17)13-25/h1-3,5-6,8-9,11,13H,4,7,10,12H2. The quantitative estimate of drug-likeness (QED) is 0.586. The highest BCUT2D eigenvalue weighted by molar-refractivity contribution is 6.13. The third kappa shape index (κ3) is 5.99. The van der Waals surface area contributed by atoms with Crippen LogP contribution >= 0.6 is 11.9 Å². The predicted molar refractivity (Wildman–Crippen MR) is 95.5 cm³/mol. The lowest BCUT2D eigenvalue weighted by atomic mass is 10.1. The van der Waals surface area contributed by atoms with E-state index in [4.69, 9.17) is 11.9 Å². The minimum atomic E-state index is -4.53. The lowest BCUT2D eigenvalue weighted by molar-refractivity contribution is -0.137. The van der Waals surface area contributed by atoms with Crippen LogP contribution < -0.4 is 4.90 Å². The molecule has 8 heteroatoms. The van der Waals surface area contributed by atoms with E-state index in [2.05, 4.69) is 4.29 Å². The minimum absolute atomic E-state index is 0.00414. The van der Waals surface area contributed by atoms with Gasteiger partial charge in [-0.05, 0) is 30.2 Å². The van der Waals surface area contributed by atoms with E-state index in [1.807, 2.05) is 30.3 Å². The van der Waals surface area contributed by atoms with Crippen molar-refractivity contribution in [2.24, 2.45) is 0 Å². The van der Waals surface area contributed by atoms with Crippen LogP contribution in [0.15, 0.2) is 48.5 Å². The number of carbonyl (C=O) groups is 2. The Morgan fingerprint density at radius 2 is 1.85 bits per heavy atom. The molecule has 0 spiro atoms. The lowest BCUT2D eigenvalue weighted by Gasteiger charge is -2.27. The summed E-state index contributed by atoms with van der Waals surface area (Å²) in [5.41, 5.74) is 0.301. The summed E-state index contributed by atoms with van der Waals surface area (Å²) in [6, 6.07) is 12.1. The van der Waals surface area contributed by atoms with Gasteiger partial charge >= 0.3 is 12.1 Å². The van der Waals surface area contributed by atoms with Gasteiger partial charge in [0, 0.05) is 30.8 Å². The summed E-state index contributed by atoms with van der Waals surface area (Å²) >= 11 is 5.00. The molecule has 144 valence electrons. The second-order valence-corrected chi connectivity index (χ2v) is 6.00. The minimum Gasteiger partial charge on any atom is -0.367 e. The number of aldehydes is 1. The molecule has 27 heavy (non-hydrogen) atoms. The number of anilines is 1. The summed E-state index contributed by atoms with van der Waals surface area (Å²) in [4.78, 5) is 24.2. The Hall–Kier alpha value is -2.54. The van der Waals surface area contributed by atoms with Crippen molar-refractivity contribution in [3.05, 3.63) is 65.2 Å². The van der Waals surface area contributed by atoms with Crippen molar-refractivity contribution in [3.8, 4) is 0 Å². The molecule has 0 amide bonds. The second kappa shape index (κ2) is 9.41. The topological polar surface area (TPSA) is 46.6 Å². The van der Waals surface area contributed by atoms with Gasteiger partial charge in [0.25, 0.3) is 0 Å². The molecule has 0 fully saturated rings. The summed E-state index contributed by atoms with van der Waals surface area (Å²) in [5, 5.41) is 0. The highest BCUT2D eigenvalue weighted by Crippen LogP contribution is 2.33. The SMILES string of the molecule is O=Cc1ccc(C(F)(F)F)cc1N(CCCC(=O)OCl)Cc1ccccc1. The van der Waals surface area contributed by atoms with Gasteiger partial charge in [0.1, 0.15) is 11.9 Å². The van der Waals surface area contributed by atoms with Gasteiger partial charge in [-0.1, -0.05) is 30.3 Å². The number of hydrogen-bond donors (Lipinski definition) is 0. The van der Waals surface area contributed by atoms with Crippen LogP contribution in [0.2, 0.25) is 0 Å². The first-order valence-electron chi connectivity index (χ1n) is 8.12. The molecule has 0 aliphatic rings. The van der Waals surface area contributed by atoms with Crippen LogP contribution in [0, 0.1) is 0 Å². The van der Waals surface area contributed by atoms with Crippen LogP contribution in [0.25, 0.3) is 0 Å². The first kappa shape index (κ1) is 20.8. The summed E-state index contributed by atoms with van der Waals surface area (Å²) in [6.45, 7) is 0.516. The predicted octanol–water partition coefficient (Wildman–Crippen LogP) is 5.00. The third-order valence-corrected chi connectivity index (χ3v) is 4.11. The normalized spacial score (nSPS) is 11.1. The van der Waals surface area contributed by atoms with E-state index >= 15 is 0 Å². The van der Waals surface area contributed by atoms with Crippen molar-refractivity contribution in [1.82, 2.24) is 0 Å². The zero-order chi connectivity index (χ0) is 19.9. The first-order chi connectivity index (χ1) is 12.8. The summed E-state index contributed by atoms with van der Waals surface area (Å²) in [5.74, 6) is -0.629. The number of rotatable bonds is 8. The van der Waals surface area contributed by atoms with Gasteiger partial charge in [0.15, 0.2) is 6.29 Å². The Balaban J connectivity index is 2.35. The molecule has 2 rings (SSSR count). The van der Waals surface area contributed by atoms with Gasteiger partial charge < -0.3 is 9.19 Å². The molecule has 0 radical (unpaired) electrons. The van der Waals surface area contributed by atoms with E-state index in [9.17, 15) is 22.8 Å². The van der Waals surface area contributed by atoms with Gasteiger partial charge in [0.2, 0.25) is 0 Å². The fraction of sp³-hybridized carbons (Fsp3) is 0.263. The molecule has 0 unspecified atom stereocenters. The number of alkyl halides is 3. The van der Waals surface area contributed by atoms with E-state index in [1.54, 1.807) is 4.90 Å². The van der Waals surface area contributed by atoms with Crippen molar-refractivity contribution in [1.29, 1.82) is 0 Å². The summed E-state index contributed by atoms with van der Waals surface area (Å²) in [6.07, 6.45) is -3.71. The van der Waals surface area contributed by atoms with Crippen molar-refractivity contribution < 1.29 is 27.0 Å². The summed E-state index contributed by atoms with van der Waals surface area (Å²) in [7, 11) is 0. The maximum Gasteiger partial charge on any atom is 0.416 e. The third-order valence-electron chi connectivity index (χ3n) is 3.94. The second-order valence-electron chi connectivity index (χ2n) is 5.85. The number of hydrogen-bond acceptors (Lipinski definition) is 4. The highest BCUT2D eigenvalue weighted by Gasteiger charge is 2.31. The largest absolute Gasteiger partial charge is 0.416 e. The Bertz CT molecular complexity index is 782. The van der Waals surface area contributed by atoms with Crippen molar-refractivity contribution >= 4 is 29.8 Å². The Kier molecular flexibility index (Phi) is 7.24. The molecular weight excluding hydrogens is 383 g/mol. The molecule has 0 bridgehead atoms. The molecule has 2 aromatic carbocycles. The zero-order valence-corrected chi connectivity index (χ0v) is 15.0. The average molecular weight is 400 g/mol. The average Bonchev–Trinajstić information content (AvgIpc) is 2.66. The van der Waals surface area contributed by atoms with Crippen molar-refractivity contribution in [3.63, 3.8) is 0 Å². The van der Waals surface area contributed by atoms with E-state index < -0.39 is 17.7 Å². The van der Waals surface area contributed by atoms with Crippen LogP contribution in [-0.4, -0.2) is 18.8 Å². The molecule has 0 saturated heterocycles.